The Kier molecular flexibility index (Phi) is 9.68. The molecular weight excluding hydrogens is 490 g/mol. The van der Waals surface area contributed by atoms with Crippen LogP contribution >= 0.6 is 0 Å². The number of amides is 2. The molecule has 9 heteroatoms. The number of benzene rings is 3. The van der Waals surface area contributed by atoms with Crippen LogP contribution in [0.5, 0.6) is 5.75 Å². The number of sulfonamides is 1. The Labute approximate surface area is 218 Å². The zero-order valence-corrected chi connectivity index (χ0v) is 22.1. The van der Waals surface area contributed by atoms with E-state index in [0.29, 0.717) is 24.4 Å². The molecule has 0 spiro atoms. The van der Waals surface area contributed by atoms with E-state index in [2.05, 4.69) is 5.32 Å². The molecule has 0 aliphatic rings. The molecule has 37 heavy (non-hydrogen) atoms. The summed E-state index contributed by atoms with van der Waals surface area (Å²) >= 11 is 0. The van der Waals surface area contributed by atoms with Gasteiger partial charge < -0.3 is 15.0 Å². The van der Waals surface area contributed by atoms with Crippen LogP contribution in [0.2, 0.25) is 0 Å². The van der Waals surface area contributed by atoms with Gasteiger partial charge in [-0.3, -0.25) is 13.9 Å². The Morgan fingerprint density at radius 3 is 2.08 bits per heavy atom. The first-order chi connectivity index (χ1) is 17.8. The smallest absolute Gasteiger partial charge is 0.264 e. The van der Waals surface area contributed by atoms with Crippen molar-refractivity contribution in [2.75, 3.05) is 31.0 Å². The fourth-order valence-electron chi connectivity index (χ4n) is 3.89. The highest BCUT2D eigenvalue weighted by molar-refractivity contribution is 7.92. The lowest BCUT2D eigenvalue weighted by Crippen LogP contribution is -2.52. The van der Waals surface area contributed by atoms with Crippen molar-refractivity contribution in [1.82, 2.24) is 10.2 Å². The molecule has 3 aromatic rings. The van der Waals surface area contributed by atoms with Crippen LogP contribution in [0.15, 0.2) is 89.8 Å². The lowest BCUT2D eigenvalue weighted by molar-refractivity contribution is -0.138. The Bertz CT molecular complexity index is 1270. The molecule has 0 saturated heterocycles. The van der Waals surface area contributed by atoms with Gasteiger partial charge in [0.2, 0.25) is 11.8 Å². The van der Waals surface area contributed by atoms with Crippen LogP contribution in [0.3, 0.4) is 0 Å². The van der Waals surface area contributed by atoms with Gasteiger partial charge >= 0.3 is 0 Å². The molecule has 0 radical (unpaired) electrons. The van der Waals surface area contributed by atoms with Gasteiger partial charge in [0, 0.05) is 13.1 Å². The monoisotopic (exact) mass is 523 g/mol. The lowest BCUT2D eigenvalue weighted by Gasteiger charge is -2.32. The molecule has 2 amide bonds. The van der Waals surface area contributed by atoms with Crippen LogP contribution in [0.25, 0.3) is 0 Å². The van der Waals surface area contributed by atoms with Crippen LogP contribution in [-0.2, 0) is 26.0 Å². The number of methoxy groups -OCH3 is 1. The third kappa shape index (κ3) is 7.10. The summed E-state index contributed by atoms with van der Waals surface area (Å²) in [5.74, 6) is -0.225. The second kappa shape index (κ2) is 12.9. The van der Waals surface area contributed by atoms with Crippen LogP contribution in [0.4, 0.5) is 5.69 Å². The lowest BCUT2D eigenvalue weighted by atomic mass is 10.1. The normalized spacial score (nSPS) is 11.9. The first kappa shape index (κ1) is 27.7. The van der Waals surface area contributed by atoms with Crippen molar-refractivity contribution in [3.8, 4) is 5.75 Å². The average Bonchev–Trinajstić information content (AvgIpc) is 2.93. The van der Waals surface area contributed by atoms with Crippen molar-refractivity contribution < 1.29 is 22.7 Å². The Balaban J connectivity index is 1.96. The van der Waals surface area contributed by atoms with E-state index in [-0.39, 0.29) is 17.3 Å². The van der Waals surface area contributed by atoms with Gasteiger partial charge in [0.1, 0.15) is 18.3 Å². The Hall–Kier alpha value is -3.85. The fraction of sp³-hybridized carbons (Fsp3) is 0.286. The minimum Gasteiger partial charge on any atom is -0.497 e. The molecule has 196 valence electrons. The minimum absolute atomic E-state index is 0.0613. The summed E-state index contributed by atoms with van der Waals surface area (Å²) in [6.07, 6.45) is 0.518. The van der Waals surface area contributed by atoms with Crippen LogP contribution in [-0.4, -0.2) is 57.9 Å². The highest BCUT2D eigenvalue weighted by Gasteiger charge is 2.32. The quantitative estimate of drug-likeness (QED) is 0.392. The summed E-state index contributed by atoms with van der Waals surface area (Å²) in [6.45, 7) is 3.66. The first-order valence-corrected chi connectivity index (χ1v) is 13.5. The summed E-state index contributed by atoms with van der Waals surface area (Å²) in [4.78, 5) is 27.9. The van der Waals surface area contributed by atoms with Crippen LogP contribution < -0.4 is 14.4 Å². The molecule has 3 aromatic carbocycles. The highest BCUT2D eigenvalue weighted by atomic mass is 32.2. The number of hydrogen-bond acceptors (Lipinski definition) is 5. The topological polar surface area (TPSA) is 96.0 Å². The van der Waals surface area contributed by atoms with Gasteiger partial charge in [0.25, 0.3) is 10.0 Å². The van der Waals surface area contributed by atoms with Crippen molar-refractivity contribution in [1.29, 1.82) is 0 Å². The third-order valence-electron chi connectivity index (χ3n) is 5.97. The summed E-state index contributed by atoms with van der Waals surface area (Å²) in [5.41, 5.74) is 1.32. The standard InChI is InChI=1S/C28H33N3O5S/c1-4-29-28(33)22(2)30(20-19-23-11-7-5-8-12-23)27(32)21-31(24-15-17-25(36-3)18-16-24)37(34,35)26-13-9-6-10-14-26/h5-18,22H,4,19-21H2,1-3H3,(H,29,33)/t22-/m0/s1. The summed E-state index contributed by atoms with van der Waals surface area (Å²) in [6, 6.07) is 23.2. The molecule has 1 N–H and O–H groups in total. The zero-order valence-electron chi connectivity index (χ0n) is 21.3. The van der Waals surface area contributed by atoms with E-state index in [9.17, 15) is 18.0 Å². The van der Waals surface area contributed by atoms with E-state index in [1.54, 1.807) is 56.3 Å². The van der Waals surface area contributed by atoms with Crippen molar-refractivity contribution in [2.45, 2.75) is 31.2 Å². The zero-order chi connectivity index (χ0) is 26.8. The van der Waals surface area contributed by atoms with E-state index >= 15 is 0 Å². The third-order valence-corrected chi connectivity index (χ3v) is 7.76. The molecule has 0 unspecified atom stereocenters. The van der Waals surface area contributed by atoms with Gasteiger partial charge in [-0.15, -0.1) is 0 Å². The number of anilines is 1. The molecule has 3 rings (SSSR count). The molecular formula is C28H33N3O5S. The van der Waals surface area contributed by atoms with E-state index in [4.69, 9.17) is 4.74 Å². The Morgan fingerprint density at radius 1 is 0.919 bits per heavy atom. The molecule has 0 saturated carbocycles. The van der Waals surface area contributed by atoms with E-state index in [1.165, 1.54) is 24.1 Å². The van der Waals surface area contributed by atoms with E-state index in [1.807, 2.05) is 30.3 Å². The maximum absolute atomic E-state index is 13.7. The number of hydrogen-bond donors (Lipinski definition) is 1. The number of ether oxygens (including phenoxy) is 1. The predicted molar refractivity (Wildman–Crippen MR) is 144 cm³/mol. The van der Waals surface area contributed by atoms with Crippen molar-refractivity contribution >= 4 is 27.5 Å². The number of carbonyl (C=O) groups excluding carboxylic acids is 2. The van der Waals surface area contributed by atoms with Gasteiger partial charge in [0.15, 0.2) is 0 Å². The Morgan fingerprint density at radius 2 is 1.51 bits per heavy atom. The van der Waals surface area contributed by atoms with E-state index in [0.717, 1.165) is 9.87 Å². The molecule has 0 aliphatic heterocycles. The van der Waals surface area contributed by atoms with Crippen molar-refractivity contribution in [3.63, 3.8) is 0 Å². The SMILES string of the molecule is CCNC(=O)[C@H](C)N(CCc1ccccc1)C(=O)CN(c1ccc(OC)cc1)S(=O)(=O)c1ccccc1. The second-order valence-corrected chi connectivity index (χ2v) is 10.3. The fourth-order valence-corrected chi connectivity index (χ4v) is 5.32. The molecule has 0 fully saturated rings. The van der Waals surface area contributed by atoms with Gasteiger partial charge in [-0.25, -0.2) is 8.42 Å². The molecule has 0 bridgehead atoms. The predicted octanol–water partition coefficient (Wildman–Crippen LogP) is 3.49. The summed E-state index contributed by atoms with van der Waals surface area (Å²) in [7, 11) is -2.56. The summed E-state index contributed by atoms with van der Waals surface area (Å²) in [5, 5.41) is 2.75. The van der Waals surface area contributed by atoms with Crippen LogP contribution in [0, 0.1) is 0 Å². The largest absolute Gasteiger partial charge is 0.497 e. The van der Waals surface area contributed by atoms with E-state index < -0.39 is 28.5 Å². The van der Waals surface area contributed by atoms with Crippen molar-refractivity contribution in [3.05, 3.63) is 90.5 Å². The maximum atomic E-state index is 13.7. The number of rotatable bonds is 12. The highest BCUT2D eigenvalue weighted by Crippen LogP contribution is 2.26. The van der Waals surface area contributed by atoms with Crippen LogP contribution in [0.1, 0.15) is 19.4 Å². The van der Waals surface area contributed by atoms with Gasteiger partial charge in [-0.2, -0.15) is 0 Å². The molecule has 1 atom stereocenters. The first-order valence-electron chi connectivity index (χ1n) is 12.1. The molecule has 0 aromatic heterocycles. The average molecular weight is 524 g/mol. The van der Waals surface area contributed by atoms with Crippen molar-refractivity contribution in [2.24, 2.45) is 0 Å². The van der Waals surface area contributed by atoms with Gasteiger partial charge in [0.05, 0.1) is 17.7 Å². The maximum Gasteiger partial charge on any atom is 0.264 e. The molecule has 8 nitrogen and oxygen atoms in total. The molecule has 0 aliphatic carbocycles. The number of nitrogens with zero attached hydrogens (tertiary/aromatic N) is 2. The number of nitrogens with one attached hydrogen (secondary N) is 1. The summed E-state index contributed by atoms with van der Waals surface area (Å²) < 4.78 is 33.6. The molecule has 0 heterocycles. The van der Waals surface area contributed by atoms with Gasteiger partial charge in [-0.1, -0.05) is 48.5 Å². The number of likely N-dealkylation sites (N-methyl/N-ethyl adjacent to an activating group) is 1. The van der Waals surface area contributed by atoms with Gasteiger partial charge in [-0.05, 0) is 62.2 Å². The number of carbonyl (C=O) groups is 2. The second-order valence-electron chi connectivity index (χ2n) is 8.42. The minimum atomic E-state index is -4.08.